The van der Waals surface area contributed by atoms with Crippen LogP contribution >= 0.6 is 11.8 Å². The van der Waals surface area contributed by atoms with Crippen molar-refractivity contribution in [3.8, 4) is 0 Å². The lowest BCUT2D eigenvalue weighted by molar-refractivity contribution is -0.144. The minimum atomic E-state index is -0.803. The molecule has 0 aromatic heterocycles. The maximum Gasteiger partial charge on any atom is 0.309 e. The molecule has 0 heterocycles. The summed E-state index contributed by atoms with van der Waals surface area (Å²) < 4.78 is 31.4. The van der Waals surface area contributed by atoms with Crippen LogP contribution in [0.25, 0.3) is 0 Å². The highest BCUT2D eigenvalue weighted by Crippen LogP contribution is 2.22. The van der Waals surface area contributed by atoms with Crippen LogP contribution in [0.1, 0.15) is 13.8 Å². The van der Waals surface area contributed by atoms with Crippen molar-refractivity contribution in [2.24, 2.45) is 16.6 Å². The second-order valence-corrected chi connectivity index (χ2v) is 4.84. The van der Waals surface area contributed by atoms with E-state index in [1.807, 2.05) is 0 Å². The predicted octanol–water partition coefficient (Wildman–Crippen LogP) is 2.80. The summed E-state index contributed by atoms with van der Waals surface area (Å²) in [5, 5.41) is -0.0828. The van der Waals surface area contributed by atoms with Gasteiger partial charge in [0.05, 0.1) is 5.92 Å². The van der Waals surface area contributed by atoms with E-state index in [4.69, 9.17) is 10.5 Å². The number of para-hydroxylation sites is 1. The minimum Gasteiger partial charge on any atom is -0.454 e. The Morgan fingerprint density at radius 3 is 2.53 bits per heavy atom. The van der Waals surface area contributed by atoms with Gasteiger partial charge in [0.2, 0.25) is 0 Å². The molecule has 104 valence electrons. The Kier molecular flexibility index (Phi) is 5.75. The molecule has 0 amide bonds. The van der Waals surface area contributed by atoms with E-state index in [1.165, 1.54) is 6.07 Å². The number of hydrogen-bond acceptors (Lipinski definition) is 4. The number of benzene rings is 1. The monoisotopic (exact) mass is 288 g/mol. The molecule has 0 unspecified atom stereocenters. The maximum atomic E-state index is 13.3. The highest BCUT2D eigenvalue weighted by molar-refractivity contribution is 8.13. The van der Waals surface area contributed by atoms with Crippen LogP contribution in [-0.4, -0.2) is 17.1 Å². The van der Waals surface area contributed by atoms with E-state index in [0.29, 0.717) is 0 Å². The Morgan fingerprint density at radius 1 is 1.42 bits per heavy atom. The van der Waals surface area contributed by atoms with E-state index < -0.39 is 17.3 Å². The lowest BCUT2D eigenvalue weighted by Crippen LogP contribution is -2.14. The number of thioether (sulfide) groups is 1. The molecule has 1 aromatic carbocycles. The minimum absolute atomic E-state index is 0.0532. The fourth-order valence-corrected chi connectivity index (χ4v) is 1.50. The van der Waals surface area contributed by atoms with Gasteiger partial charge in [-0.25, -0.2) is 13.8 Å². The Balaban J connectivity index is 2.60. The third-order valence-corrected chi connectivity index (χ3v) is 2.66. The molecule has 0 spiro atoms. The lowest BCUT2D eigenvalue weighted by atomic mass is 10.2. The molecule has 0 aliphatic rings. The van der Waals surface area contributed by atoms with Crippen molar-refractivity contribution >= 4 is 28.6 Å². The maximum absolute atomic E-state index is 13.3. The fourth-order valence-electron chi connectivity index (χ4n) is 1.05. The zero-order valence-corrected chi connectivity index (χ0v) is 11.3. The lowest BCUT2D eigenvalue weighted by Gasteiger charge is -2.06. The Labute approximate surface area is 114 Å². The van der Waals surface area contributed by atoms with Crippen LogP contribution in [0.15, 0.2) is 23.2 Å². The summed E-state index contributed by atoms with van der Waals surface area (Å²) in [5.74, 6) is -2.28. The first kappa shape index (κ1) is 15.4. The molecule has 0 aliphatic heterocycles. The predicted molar refractivity (Wildman–Crippen MR) is 71.0 cm³/mol. The second-order valence-electron chi connectivity index (χ2n) is 3.90. The van der Waals surface area contributed by atoms with Crippen LogP contribution in [0.2, 0.25) is 0 Å². The molecule has 0 fully saturated rings. The third-order valence-electron chi connectivity index (χ3n) is 2.04. The molecule has 1 aromatic rings. The standard InChI is InChI=1S/C12H14F2N2O2S/c1-7(2)11(17)18-6-19-12(15)16-10-8(13)4-3-5-9(10)14/h3-5,7H,6H2,1-2H3,(H2,15,16). The Morgan fingerprint density at radius 2 is 2.00 bits per heavy atom. The average Bonchev–Trinajstić information content (AvgIpc) is 2.33. The van der Waals surface area contributed by atoms with Crippen molar-refractivity contribution in [2.75, 3.05) is 5.94 Å². The number of rotatable bonds is 4. The molecule has 0 saturated carbocycles. The zero-order chi connectivity index (χ0) is 14.4. The molecule has 0 atom stereocenters. The molecule has 0 aliphatic carbocycles. The number of esters is 1. The zero-order valence-electron chi connectivity index (χ0n) is 10.5. The van der Waals surface area contributed by atoms with Crippen molar-refractivity contribution < 1.29 is 18.3 Å². The van der Waals surface area contributed by atoms with Crippen molar-refractivity contribution in [3.05, 3.63) is 29.8 Å². The number of ether oxygens (including phenoxy) is 1. The molecule has 0 radical (unpaired) electrons. The van der Waals surface area contributed by atoms with E-state index >= 15 is 0 Å². The van der Waals surface area contributed by atoms with Gasteiger partial charge in [-0.05, 0) is 23.9 Å². The summed E-state index contributed by atoms with van der Waals surface area (Å²) in [6.07, 6.45) is 0. The van der Waals surface area contributed by atoms with Gasteiger partial charge in [-0.3, -0.25) is 4.79 Å². The quantitative estimate of drug-likeness (QED) is 0.400. The number of halogens is 2. The molecule has 7 heteroatoms. The SMILES string of the molecule is CC(C)C(=O)OCSC(N)=Nc1c(F)cccc1F. The van der Waals surface area contributed by atoms with Crippen LogP contribution in [0.5, 0.6) is 0 Å². The van der Waals surface area contributed by atoms with Gasteiger partial charge in [-0.1, -0.05) is 19.9 Å². The molecule has 2 N–H and O–H groups in total. The number of hydrogen-bond donors (Lipinski definition) is 1. The highest BCUT2D eigenvalue weighted by Gasteiger charge is 2.10. The number of carbonyl (C=O) groups excluding carboxylic acids is 1. The van der Waals surface area contributed by atoms with E-state index in [1.54, 1.807) is 13.8 Å². The highest BCUT2D eigenvalue weighted by atomic mass is 32.2. The van der Waals surface area contributed by atoms with Crippen LogP contribution in [0, 0.1) is 17.6 Å². The molecule has 1 rings (SSSR count). The average molecular weight is 288 g/mol. The molecular weight excluding hydrogens is 274 g/mol. The van der Waals surface area contributed by atoms with Gasteiger partial charge in [-0.2, -0.15) is 0 Å². The molecule has 19 heavy (non-hydrogen) atoms. The van der Waals surface area contributed by atoms with Crippen LogP contribution in [0.4, 0.5) is 14.5 Å². The number of aliphatic imine (C=N–C) groups is 1. The van der Waals surface area contributed by atoms with Gasteiger partial charge < -0.3 is 10.5 Å². The van der Waals surface area contributed by atoms with Crippen molar-refractivity contribution in [2.45, 2.75) is 13.8 Å². The number of amidine groups is 1. The summed E-state index contributed by atoms with van der Waals surface area (Å²) in [7, 11) is 0. The molecule has 0 saturated heterocycles. The Hall–Kier alpha value is -1.63. The summed E-state index contributed by atoms with van der Waals surface area (Å²) in [6, 6.07) is 3.40. The summed E-state index contributed by atoms with van der Waals surface area (Å²) in [5.41, 5.74) is 5.04. The smallest absolute Gasteiger partial charge is 0.309 e. The number of nitrogens with zero attached hydrogens (tertiary/aromatic N) is 1. The topological polar surface area (TPSA) is 64.7 Å². The van der Waals surface area contributed by atoms with E-state index in [0.717, 1.165) is 23.9 Å². The molecule has 4 nitrogen and oxygen atoms in total. The van der Waals surface area contributed by atoms with Gasteiger partial charge in [-0.15, -0.1) is 0 Å². The second kappa shape index (κ2) is 7.08. The first-order valence-electron chi connectivity index (χ1n) is 5.49. The van der Waals surface area contributed by atoms with Crippen LogP contribution < -0.4 is 5.73 Å². The van der Waals surface area contributed by atoms with E-state index in [-0.39, 0.29) is 23.0 Å². The van der Waals surface area contributed by atoms with Gasteiger partial charge >= 0.3 is 5.97 Å². The van der Waals surface area contributed by atoms with Gasteiger partial charge in [0.15, 0.2) is 16.8 Å². The largest absolute Gasteiger partial charge is 0.454 e. The van der Waals surface area contributed by atoms with Crippen molar-refractivity contribution in [1.29, 1.82) is 0 Å². The van der Waals surface area contributed by atoms with Crippen LogP contribution in [0.3, 0.4) is 0 Å². The third kappa shape index (κ3) is 4.86. The summed E-state index contributed by atoms with van der Waals surface area (Å²) >= 11 is 0.886. The first-order chi connectivity index (χ1) is 8.91. The fraction of sp³-hybridized carbons (Fsp3) is 0.333. The van der Waals surface area contributed by atoms with Gasteiger partial charge in [0.25, 0.3) is 0 Å². The summed E-state index contributed by atoms with van der Waals surface area (Å²) in [6.45, 7) is 3.39. The van der Waals surface area contributed by atoms with Gasteiger partial charge in [0.1, 0.15) is 11.6 Å². The summed E-state index contributed by atoms with van der Waals surface area (Å²) in [4.78, 5) is 14.8. The number of nitrogens with two attached hydrogens (primary N) is 1. The molecular formula is C12H14F2N2O2S. The first-order valence-corrected chi connectivity index (χ1v) is 6.48. The van der Waals surface area contributed by atoms with E-state index in [9.17, 15) is 13.6 Å². The van der Waals surface area contributed by atoms with Crippen molar-refractivity contribution in [1.82, 2.24) is 0 Å². The van der Waals surface area contributed by atoms with E-state index in [2.05, 4.69) is 4.99 Å². The molecule has 0 bridgehead atoms. The van der Waals surface area contributed by atoms with Crippen molar-refractivity contribution in [3.63, 3.8) is 0 Å². The Bertz CT molecular complexity index is 472. The normalized spacial score (nSPS) is 11.7. The number of carbonyl (C=O) groups is 1. The van der Waals surface area contributed by atoms with Crippen LogP contribution in [-0.2, 0) is 9.53 Å². The van der Waals surface area contributed by atoms with Gasteiger partial charge in [0, 0.05) is 0 Å².